The van der Waals surface area contributed by atoms with E-state index in [9.17, 15) is 0 Å². The van der Waals surface area contributed by atoms with Crippen LogP contribution in [0.4, 0.5) is 11.8 Å². The summed E-state index contributed by atoms with van der Waals surface area (Å²) >= 11 is 6.41. The predicted molar refractivity (Wildman–Crippen MR) is 131 cm³/mol. The standard InChI is InChI=1S/C25H28ClN7O/c1-17-3-2-4-22(27-17)31-13-25(14-31)15-32(16-25)24-29-28-23-11-30(20-7-8-34-12-20)10-18-9-19(26)5-6-21(18)33(23)24/h2-6,9,20H,7-8,10-16H2,1H3/t20-/m0/s1. The molecular formula is C25H28ClN7O. The van der Waals surface area contributed by atoms with E-state index in [-0.39, 0.29) is 0 Å². The Hall–Kier alpha value is -2.68. The summed E-state index contributed by atoms with van der Waals surface area (Å²) in [5.41, 5.74) is 3.74. The molecule has 2 aromatic heterocycles. The molecule has 3 saturated heterocycles. The molecule has 6 heterocycles. The number of fused-ring (bicyclic) bond motifs is 3. The maximum Gasteiger partial charge on any atom is 0.231 e. The number of hydrogen-bond acceptors (Lipinski definition) is 7. The first kappa shape index (κ1) is 20.7. The second-order valence-electron chi connectivity index (χ2n) is 10.3. The Morgan fingerprint density at radius 2 is 1.88 bits per heavy atom. The second-order valence-corrected chi connectivity index (χ2v) is 10.7. The summed E-state index contributed by atoms with van der Waals surface area (Å²) in [6.07, 6.45) is 1.05. The lowest BCUT2D eigenvalue weighted by Gasteiger charge is -2.60. The van der Waals surface area contributed by atoms with Crippen molar-refractivity contribution in [1.29, 1.82) is 0 Å². The van der Waals surface area contributed by atoms with Gasteiger partial charge in [0, 0.05) is 61.5 Å². The number of halogens is 1. The average molecular weight is 478 g/mol. The molecule has 0 unspecified atom stereocenters. The van der Waals surface area contributed by atoms with Gasteiger partial charge in [-0.1, -0.05) is 17.7 Å². The van der Waals surface area contributed by atoms with Crippen LogP contribution in [-0.4, -0.2) is 70.1 Å². The number of ether oxygens (including phenoxy) is 1. The van der Waals surface area contributed by atoms with Crippen molar-refractivity contribution < 1.29 is 4.74 Å². The molecule has 34 heavy (non-hydrogen) atoms. The van der Waals surface area contributed by atoms with Crippen LogP contribution < -0.4 is 9.80 Å². The number of nitrogens with zero attached hydrogens (tertiary/aromatic N) is 7. The molecule has 1 atom stereocenters. The highest BCUT2D eigenvalue weighted by molar-refractivity contribution is 6.30. The van der Waals surface area contributed by atoms with Crippen molar-refractivity contribution in [1.82, 2.24) is 24.6 Å². The molecule has 0 radical (unpaired) electrons. The van der Waals surface area contributed by atoms with E-state index >= 15 is 0 Å². The summed E-state index contributed by atoms with van der Waals surface area (Å²) in [5, 5.41) is 10.1. The van der Waals surface area contributed by atoms with Gasteiger partial charge in [0.1, 0.15) is 5.82 Å². The maximum absolute atomic E-state index is 6.41. The number of pyridine rings is 1. The lowest BCUT2D eigenvalue weighted by Crippen LogP contribution is -2.73. The van der Waals surface area contributed by atoms with Gasteiger partial charge in [0.2, 0.25) is 5.95 Å². The maximum atomic E-state index is 6.41. The smallest absolute Gasteiger partial charge is 0.231 e. The van der Waals surface area contributed by atoms with E-state index in [0.717, 1.165) is 92.9 Å². The molecule has 7 rings (SSSR count). The fourth-order valence-electron chi connectivity index (χ4n) is 6.02. The first-order valence-electron chi connectivity index (χ1n) is 12.1. The molecule has 0 amide bonds. The molecule has 0 aliphatic carbocycles. The highest BCUT2D eigenvalue weighted by Crippen LogP contribution is 2.44. The van der Waals surface area contributed by atoms with Crippen LogP contribution in [0.5, 0.6) is 0 Å². The number of rotatable bonds is 3. The Morgan fingerprint density at radius 1 is 1.03 bits per heavy atom. The molecule has 8 nitrogen and oxygen atoms in total. The lowest BCUT2D eigenvalue weighted by atomic mass is 9.73. The van der Waals surface area contributed by atoms with E-state index in [0.29, 0.717) is 11.5 Å². The molecule has 1 spiro atoms. The molecule has 9 heteroatoms. The summed E-state index contributed by atoms with van der Waals surface area (Å²) in [6, 6.07) is 12.8. The predicted octanol–water partition coefficient (Wildman–Crippen LogP) is 3.06. The zero-order valence-corrected chi connectivity index (χ0v) is 20.1. The number of hydrogen-bond donors (Lipinski definition) is 0. The molecule has 4 aliphatic rings. The summed E-state index contributed by atoms with van der Waals surface area (Å²) in [4.78, 5) is 11.9. The van der Waals surface area contributed by atoms with Gasteiger partial charge in [-0.05, 0) is 49.2 Å². The van der Waals surface area contributed by atoms with E-state index in [4.69, 9.17) is 16.3 Å². The van der Waals surface area contributed by atoms with E-state index in [1.807, 2.05) is 19.1 Å². The molecule has 0 bridgehead atoms. The quantitative estimate of drug-likeness (QED) is 0.574. The first-order valence-corrected chi connectivity index (χ1v) is 12.4. The topological polar surface area (TPSA) is 62.6 Å². The number of aryl methyl sites for hydroxylation is 1. The third kappa shape index (κ3) is 3.31. The minimum absolute atomic E-state index is 0.318. The highest BCUT2D eigenvalue weighted by atomic mass is 35.5. The van der Waals surface area contributed by atoms with Gasteiger partial charge < -0.3 is 14.5 Å². The van der Waals surface area contributed by atoms with Crippen LogP contribution in [0.2, 0.25) is 5.02 Å². The number of benzene rings is 1. The van der Waals surface area contributed by atoms with E-state index in [1.165, 1.54) is 5.56 Å². The van der Waals surface area contributed by atoms with Crippen molar-refractivity contribution in [3.63, 3.8) is 0 Å². The Labute approximate surface area is 204 Å². The van der Waals surface area contributed by atoms with Gasteiger partial charge >= 0.3 is 0 Å². The van der Waals surface area contributed by atoms with Crippen molar-refractivity contribution in [2.75, 3.05) is 49.2 Å². The molecule has 3 fully saturated rings. The zero-order valence-electron chi connectivity index (χ0n) is 19.3. The third-order valence-electron chi connectivity index (χ3n) is 7.72. The van der Waals surface area contributed by atoms with Crippen molar-refractivity contribution in [2.45, 2.75) is 32.5 Å². The minimum atomic E-state index is 0.318. The molecular weight excluding hydrogens is 450 g/mol. The molecule has 1 aromatic carbocycles. The lowest BCUT2D eigenvalue weighted by molar-refractivity contribution is 0.133. The Morgan fingerprint density at radius 3 is 2.68 bits per heavy atom. The largest absolute Gasteiger partial charge is 0.380 e. The van der Waals surface area contributed by atoms with Crippen LogP contribution in [0.1, 0.15) is 23.5 Å². The molecule has 4 aliphatic heterocycles. The first-order chi connectivity index (χ1) is 16.6. The fraction of sp³-hybridized carbons (Fsp3) is 0.480. The summed E-state index contributed by atoms with van der Waals surface area (Å²) in [5.74, 6) is 3.02. The van der Waals surface area contributed by atoms with Crippen molar-refractivity contribution in [2.24, 2.45) is 5.41 Å². The van der Waals surface area contributed by atoms with Gasteiger partial charge in [0.05, 0.1) is 18.8 Å². The summed E-state index contributed by atoms with van der Waals surface area (Å²) in [7, 11) is 0. The summed E-state index contributed by atoms with van der Waals surface area (Å²) < 4.78 is 7.94. The van der Waals surface area contributed by atoms with Crippen LogP contribution in [0, 0.1) is 12.3 Å². The number of aromatic nitrogens is 4. The summed E-state index contributed by atoms with van der Waals surface area (Å²) in [6.45, 7) is 9.34. The third-order valence-corrected chi connectivity index (χ3v) is 7.96. The van der Waals surface area contributed by atoms with Gasteiger partial charge in [0.25, 0.3) is 0 Å². The van der Waals surface area contributed by atoms with Gasteiger partial charge in [0.15, 0.2) is 5.82 Å². The van der Waals surface area contributed by atoms with Gasteiger partial charge in [-0.15, -0.1) is 10.2 Å². The van der Waals surface area contributed by atoms with Crippen molar-refractivity contribution in [3.05, 3.63) is 58.5 Å². The molecule has 176 valence electrons. The van der Waals surface area contributed by atoms with Crippen LogP contribution in [0.3, 0.4) is 0 Å². The molecule has 3 aromatic rings. The van der Waals surface area contributed by atoms with E-state index in [1.54, 1.807) is 0 Å². The Balaban J connectivity index is 1.14. The Bertz CT molecular complexity index is 1240. The van der Waals surface area contributed by atoms with Crippen LogP contribution >= 0.6 is 11.6 Å². The molecule has 0 N–H and O–H groups in total. The van der Waals surface area contributed by atoms with Crippen LogP contribution in [-0.2, 0) is 17.8 Å². The van der Waals surface area contributed by atoms with E-state index in [2.05, 4.69) is 58.7 Å². The zero-order chi connectivity index (χ0) is 22.9. The SMILES string of the molecule is Cc1cccc(N2CC3(C2)CN(c2nnc4n2-c2ccc(Cl)cc2CN([C@H]2CCOC2)C4)C3)n1. The van der Waals surface area contributed by atoms with Crippen LogP contribution in [0.15, 0.2) is 36.4 Å². The van der Waals surface area contributed by atoms with Gasteiger partial charge in [-0.25, -0.2) is 4.98 Å². The van der Waals surface area contributed by atoms with Crippen LogP contribution in [0.25, 0.3) is 5.69 Å². The van der Waals surface area contributed by atoms with Gasteiger partial charge in [-0.3, -0.25) is 9.47 Å². The molecule has 0 saturated carbocycles. The highest BCUT2D eigenvalue weighted by Gasteiger charge is 2.53. The monoisotopic (exact) mass is 477 g/mol. The number of anilines is 2. The fourth-order valence-corrected chi connectivity index (χ4v) is 6.21. The Kier molecular flexibility index (Phi) is 4.66. The average Bonchev–Trinajstić information content (AvgIpc) is 3.40. The second kappa shape index (κ2) is 7.66. The van der Waals surface area contributed by atoms with Crippen molar-refractivity contribution >= 4 is 23.4 Å². The minimum Gasteiger partial charge on any atom is -0.380 e. The van der Waals surface area contributed by atoms with Crippen molar-refractivity contribution in [3.8, 4) is 5.69 Å². The van der Waals surface area contributed by atoms with E-state index < -0.39 is 0 Å². The normalized spacial score (nSPS) is 23.3. The van der Waals surface area contributed by atoms with Gasteiger partial charge in [-0.2, -0.15) is 0 Å².